The molecule has 0 heterocycles. The Labute approximate surface area is 161 Å². The number of ether oxygens (including phenoxy) is 3. The minimum atomic E-state index is -0.463. The van der Waals surface area contributed by atoms with Gasteiger partial charge in [0.2, 0.25) is 0 Å². The smallest absolute Gasteiger partial charge is 0.344 e. The number of methoxy groups -OCH3 is 1. The van der Waals surface area contributed by atoms with Crippen LogP contribution in [0, 0.1) is 0 Å². The summed E-state index contributed by atoms with van der Waals surface area (Å²) in [6.45, 7) is 1.80. The highest BCUT2D eigenvalue weighted by molar-refractivity contribution is 6.30. The summed E-state index contributed by atoms with van der Waals surface area (Å²) in [4.78, 5) is 23.3. The third-order valence-corrected chi connectivity index (χ3v) is 3.58. The molecule has 1 N–H and O–H groups in total. The first kappa shape index (κ1) is 20.3. The van der Waals surface area contributed by atoms with Crippen LogP contribution in [0.1, 0.15) is 22.8 Å². The molecule has 0 aliphatic rings. The molecule has 7 nitrogen and oxygen atoms in total. The molecule has 2 aromatic rings. The van der Waals surface area contributed by atoms with Crippen molar-refractivity contribution in [2.75, 3.05) is 20.3 Å². The van der Waals surface area contributed by atoms with Gasteiger partial charge in [0, 0.05) is 10.6 Å². The third-order valence-electron chi connectivity index (χ3n) is 3.32. The lowest BCUT2D eigenvalue weighted by Gasteiger charge is -2.10. The van der Waals surface area contributed by atoms with E-state index in [2.05, 4.69) is 10.5 Å². The van der Waals surface area contributed by atoms with Gasteiger partial charge < -0.3 is 14.2 Å². The van der Waals surface area contributed by atoms with Crippen LogP contribution >= 0.6 is 11.6 Å². The number of halogens is 1. The SMILES string of the molecule is CCOC(=O)COc1ccc(/C=N\NC(=O)c2ccc(Cl)cc2)cc1OC. The summed E-state index contributed by atoms with van der Waals surface area (Å²) in [7, 11) is 1.48. The second kappa shape index (κ2) is 10.2. The number of nitrogens with zero attached hydrogens (tertiary/aromatic N) is 1. The molecule has 0 aliphatic heterocycles. The molecule has 1 amide bonds. The predicted octanol–water partition coefficient (Wildman–Crippen LogP) is 3.05. The second-order valence-corrected chi connectivity index (χ2v) is 5.65. The van der Waals surface area contributed by atoms with E-state index in [-0.39, 0.29) is 19.1 Å². The molecular weight excluding hydrogens is 372 g/mol. The fourth-order valence-electron chi connectivity index (χ4n) is 2.05. The molecule has 0 fully saturated rings. The van der Waals surface area contributed by atoms with Crippen LogP contribution in [0.5, 0.6) is 11.5 Å². The van der Waals surface area contributed by atoms with Gasteiger partial charge in [-0.15, -0.1) is 0 Å². The maximum absolute atomic E-state index is 12.0. The number of hydrogen-bond donors (Lipinski definition) is 1. The van der Waals surface area contributed by atoms with E-state index in [1.54, 1.807) is 49.4 Å². The maximum atomic E-state index is 12.0. The van der Waals surface area contributed by atoms with Crippen molar-refractivity contribution in [2.45, 2.75) is 6.92 Å². The van der Waals surface area contributed by atoms with Crippen LogP contribution < -0.4 is 14.9 Å². The maximum Gasteiger partial charge on any atom is 0.344 e. The second-order valence-electron chi connectivity index (χ2n) is 5.21. The quantitative estimate of drug-likeness (QED) is 0.425. The van der Waals surface area contributed by atoms with Crippen molar-refractivity contribution in [3.8, 4) is 11.5 Å². The standard InChI is InChI=1S/C19H19ClN2O5/c1-3-26-18(23)12-27-16-9-4-13(10-17(16)25-2)11-21-22-19(24)14-5-7-15(20)8-6-14/h4-11H,3,12H2,1-2H3,(H,22,24)/b21-11-. The fraction of sp³-hybridized carbons (Fsp3) is 0.211. The molecule has 2 rings (SSSR count). The van der Waals surface area contributed by atoms with Crippen molar-refractivity contribution in [1.82, 2.24) is 5.43 Å². The molecule has 2 aromatic carbocycles. The van der Waals surface area contributed by atoms with Crippen molar-refractivity contribution in [1.29, 1.82) is 0 Å². The average molecular weight is 391 g/mol. The van der Waals surface area contributed by atoms with Crippen LogP contribution in [-0.2, 0) is 9.53 Å². The van der Waals surface area contributed by atoms with Crippen molar-refractivity contribution >= 4 is 29.7 Å². The summed E-state index contributed by atoms with van der Waals surface area (Å²) in [6.07, 6.45) is 1.46. The van der Waals surface area contributed by atoms with Crippen LogP contribution in [0.3, 0.4) is 0 Å². The molecule has 0 unspecified atom stereocenters. The molecule has 0 atom stereocenters. The summed E-state index contributed by atoms with van der Waals surface area (Å²) in [5.41, 5.74) is 3.54. The number of carbonyl (C=O) groups is 2. The highest BCUT2D eigenvalue weighted by Gasteiger charge is 2.09. The normalized spacial score (nSPS) is 10.5. The van der Waals surface area contributed by atoms with Gasteiger partial charge in [-0.25, -0.2) is 10.2 Å². The summed E-state index contributed by atoms with van der Waals surface area (Å²) < 4.78 is 15.4. The summed E-state index contributed by atoms with van der Waals surface area (Å²) in [6, 6.07) is 11.5. The van der Waals surface area contributed by atoms with E-state index in [1.807, 2.05) is 0 Å². The lowest BCUT2D eigenvalue weighted by Crippen LogP contribution is -2.17. The first-order valence-electron chi connectivity index (χ1n) is 8.09. The van der Waals surface area contributed by atoms with Gasteiger partial charge in [-0.05, 0) is 55.0 Å². The van der Waals surface area contributed by atoms with E-state index in [0.29, 0.717) is 27.6 Å². The molecule has 0 radical (unpaired) electrons. The lowest BCUT2D eigenvalue weighted by atomic mass is 10.2. The number of amides is 1. The van der Waals surface area contributed by atoms with Crippen LogP contribution in [0.2, 0.25) is 5.02 Å². The van der Waals surface area contributed by atoms with Crippen molar-refractivity contribution in [2.24, 2.45) is 5.10 Å². The zero-order valence-electron chi connectivity index (χ0n) is 14.9. The van der Waals surface area contributed by atoms with E-state index < -0.39 is 5.97 Å². The Morgan fingerprint density at radius 1 is 1.15 bits per heavy atom. The molecule has 0 bridgehead atoms. The van der Waals surface area contributed by atoms with Gasteiger partial charge >= 0.3 is 5.97 Å². The van der Waals surface area contributed by atoms with Crippen molar-refractivity contribution in [3.63, 3.8) is 0 Å². The lowest BCUT2D eigenvalue weighted by molar-refractivity contribution is -0.145. The Morgan fingerprint density at radius 2 is 1.89 bits per heavy atom. The largest absolute Gasteiger partial charge is 0.493 e. The molecular formula is C19H19ClN2O5. The van der Waals surface area contributed by atoms with E-state index in [1.165, 1.54) is 13.3 Å². The molecule has 0 spiro atoms. The van der Waals surface area contributed by atoms with Gasteiger partial charge in [-0.1, -0.05) is 11.6 Å². The Bertz CT molecular complexity index is 821. The fourth-order valence-corrected chi connectivity index (χ4v) is 2.18. The van der Waals surface area contributed by atoms with Crippen LogP contribution in [0.4, 0.5) is 0 Å². The average Bonchev–Trinajstić information content (AvgIpc) is 2.67. The first-order chi connectivity index (χ1) is 13.0. The molecule has 142 valence electrons. The number of nitrogens with one attached hydrogen (secondary N) is 1. The molecule has 0 aromatic heterocycles. The van der Waals surface area contributed by atoms with Crippen LogP contribution in [0.15, 0.2) is 47.6 Å². The first-order valence-corrected chi connectivity index (χ1v) is 8.46. The van der Waals surface area contributed by atoms with Crippen LogP contribution in [0.25, 0.3) is 0 Å². The highest BCUT2D eigenvalue weighted by atomic mass is 35.5. The molecule has 0 aliphatic carbocycles. The van der Waals surface area contributed by atoms with Crippen molar-refractivity contribution < 1.29 is 23.8 Å². The van der Waals surface area contributed by atoms with Gasteiger partial charge in [0.15, 0.2) is 18.1 Å². The minimum absolute atomic E-state index is 0.214. The highest BCUT2D eigenvalue weighted by Crippen LogP contribution is 2.27. The Balaban J connectivity index is 1.97. The predicted molar refractivity (Wildman–Crippen MR) is 102 cm³/mol. The van der Waals surface area contributed by atoms with Gasteiger partial charge in [-0.2, -0.15) is 5.10 Å². The van der Waals surface area contributed by atoms with Gasteiger partial charge in [0.1, 0.15) is 0 Å². The zero-order chi connectivity index (χ0) is 19.6. The molecule has 0 saturated carbocycles. The Hall–Kier alpha value is -3.06. The Kier molecular flexibility index (Phi) is 7.63. The summed E-state index contributed by atoms with van der Waals surface area (Å²) in [5.74, 6) is -0.000412. The third kappa shape index (κ3) is 6.31. The molecule has 27 heavy (non-hydrogen) atoms. The topological polar surface area (TPSA) is 86.2 Å². The van der Waals surface area contributed by atoms with E-state index >= 15 is 0 Å². The molecule has 8 heteroatoms. The summed E-state index contributed by atoms with van der Waals surface area (Å²) >= 11 is 5.79. The van der Waals surface area contributed by atoms with Gasteiger partial charge in [0.05, 0.1) is 19.9 Å². The number of hydrazone groups is 1. The van der Waals surface area contributed by atoms with E-state index in [9.17, 15) is 9.59 Å². The Morgan fingerprint density at radius 3 is 2.56 bits per heavy atom. The number of rotatable bonds is 8. The number of hydrogen-bond acceptors (Lipinski definition) is 6. The monoisotopic (exact) mass is 390 g/mol. The minimum Gasteiger partial charge on any atom is -0.493 e. The summed E-state index contributed by atoms with van der Waals surface area (Å²) in [5, 5.41) is 4.46. The zero-order valence-corrected chi connectivity index (χ0v) is 15.7. The number of esters is 1. The molecule has 0 saturated heterocycles. The van der Waals surface area contributed by atoms with E-state index in [4.69, 9.17) is 25.8 Å². The number of benzene rings is 2. The number of carbonyl (C=O) groups excluding carboxylic acids is 2. The van der Waals surface area contributed by atoms with E-state index in [0.717, 1.165) is 0 Å². The van der Waals surface area contributed by atoms with Gasteiger partial charge in [0.25, 0.3) is 5.91 Å². The van der Waals surface area contributed by atoms with Gasteiger partial charge in [-0.3, -0.25) is 4.79 Å². The van der Waals surface area contributed by atoms with Crippen molar-refractivity contribution in [3.05, 3.63) is 58.6 Å². The van der Waals surface area contributed by atoms with Crippen LogP contribution in [-0.4, -0.2) is 38.4 Å².